The first-order valence-corrected chi connectivity index (χ1v) is 7.72. The summed E-state index contributed by atoms with van der Waals surface area (Å²) < 4.78 is 14.1. The molecular formula is C16H20BClN2O2. The molecule has 6 heteroatoms. The van der Waals surface area contributed by atoms with Crippen molar-refractivity contribution >= 4 is 24.2 Å². The van der Waals surface area contributed by atoms with Gasteiger partial charge in [0.1, 0.15) is 0 Å². The molecule has 0 aliphatic carbocycles. The van der Waals surface area contributed by atoms with E-state index in [4.69, 9.17) is 20.9 Å². The normalized spacial score (nSPS) is 19.6. The molecule has 0 amide bonds. The van der Waals surface area contributed by atoms with Crippen LogP contribution in [0.4, 0.5) is 0 Å². The first-order chi connectivity index (χ1) is 10.2. The average Bonchev–Trinajstić information content (AvgIpc) is 2.89. The van der Waals surface area contributed by atoms with Crippen LogP contribution in [0.3, 0.4) is 0 Å². The fraction of sp³-hybridized carbons (Fsp3) is 0.438. The van der Waals surface area contributed by atoms with Crippen molar-refractivity contribution in [2.45, 2.75) is 38.9 Å². The second-order valence-corrected chi connectivity index (χ2v) is 7.14. The number of halogens is 1. The fourth-order valence-corrected chi connectivity index (χ4v) is 2.61. The largest absolute Gasteiger partial charge is 0.498 e. The Bertz CT molecular complexity index is 679. The minimum atomic E-state index is -0.427. The summed E-state index contributed by atoms with van der Waals surface area (Å²) in [7, 11) is 1.47. The second kappa shape index (κ2) is 5.12. The van der Waals surface area contributed by atoms with Gasteiger partial charge in [-0.25, -0.2) is 0 Å². The van der Waals surface area contributed by atoms with Crippen LogP contribution in [0.2, 0.25) is 5.02 Å². The molecule has 0 saturated carbocycles. The molecule has 0 unspecified atom stereocenters. The molecule has 2 aromatic rings. The third-order valence-corrected chi connectivity index (χ3v) is 4.73. The van der Waals surface area contributed by atoms with Crippen molar-refractivity contribution in [1.82, 2.24) is 9.78 Å². The Morgan fingerprint density at radius 1 is 1.05 bits per heavy atom. The summed E-state index contributed by atoms with van der Waals surface area (Å²) in [6.45, 7) is 8.19. The van der Waals surface area contributed by atoms with Gasteiger partial charge in [-0.05, 0) is 39.8 Å². The zero-order valence-corrected chi connectivity index (χ0v) is 14.3. The van der Waals surface area contributed by atoms with Crippen molar-refractivity contribution in [1.29, 1.82) is 0 Å². The first kappa shape index (κ1) is 15.6. The Morgan fingerprint density at radius 3 is 2.14 bits per heavy atom. The van der Waals surface area contributed by atoms with E-state index in [1.165, 1.54) is 0 Å². The van der Waals surface area contributed by atoms with Crippen molar-refractivity contribution in [3.8, 4) is 11.3 Å². The molecule has 0 radical (unpaired) electrons. The molecule has 0 N–H and O–H groups in total. The lowest BCUT2D eigenvalue weighted by Crippen LogP contribution is -2.41. The van der Waals surface area contributed by atoms with Gasteiger partial charge in [-0.3, -0.25) is 4.68 Å². The molecule has 0 bridgehead atoms. The fourth-order valence-electron chi connectivity index (χ4n) is 2.48. The van der Waals surface area contributed by atoms with E-state index in [-0.39, 0.29) is 11.2 Å². The van der Waals surface area contributed by atoms with Crippen molar-refractivity contribution in [3.05, 3.63) is 35.5 Å². The minimum Gasteiger partial charge on any atom is -0.399 e. The highest BCUT2D eigenvalue weighted by molar-refractivity contribution is 6.63. The Hall–Kier alpha value is -1.30. The molecular weight excluding hydrogens is 298 g/mol. The molecule has 0 atom stereocenters. The Balaban J connectivity index is 2.01. The third kappa shape index (κ3) is 2.58. The second-order valence-electron chi connectivity index (χ2n) is 6.70. The van der Waals surface area contributed by atoms with Crippen molar-refractivity contribution < 1.29 is 9.31 Å². The molecule has 0 spiro atoms. The van der Waals surface area contributed by atoms with Crippen LogP contribution < -0.4 is 5.46 Å². The third-order valence-electron chi connectivity index (χ3n) is 4.48. The Labute approximate surface area is 136 Å². The van der Waals surface area contributed by atoms with E-state index in [2.05, 4.69) is 5.10 Å². The molecule has 1 aliphatic heterocycles. The van der Waals surface area contributed by atoms with Crippen LogP contribution in [0.25, 0.3) is 11.3 Å². The highest BCUT2D eigenvalue weighted by Gasteiger charge is 2.52. The van der Waals surface area contributed by atoms with Crippen molar-refractivity contribution in [3.63, 3.8) is 0 Å². The van der Waals surface area contributed by atoms with E-state index >= 15 is 0 Å². The molecule has 1 fully saturated rings. The van der Waals surface area contributed by atoms with Crippen LogP contribution in [-0.2, 0) is 16.4 Å². The van der Waals surface area contributed by atoms with Crippen LogP contribution in [0, 0.1) is 0 Å². The molecule has 22 heavy (non-hydrogen) atoms. The number of hydrogen-bond acceptors (Lipinski definition) is 3. The summed E-state index contributed by atoms with van der Waals surface area (Å²) >= 11 is 5.97. The highest BCUT2D eigenvalue weighted by Crippen LogP contribution is 2.37. The minimum absolute atomic E-state index is 0.370. The maximum absolute atomic E-state index is 6.15. The number of aromatic nitrogens is 2. The van der Waals surface area contributed by atoms with Crippen LogP contribution >= 0.6 is 11.6 Å². The van der Waals surface area contributed by atoms with Crippen molar-refractivity contribution in [2.75, 3.05) is 0 Å². The molecule has 116 valence electrons. The van der Waals surface area contributed by atoms with Gasteiger partial charge in [0.15, 0.2) is 0 Å². The van der Waals surface area contributed by atoms with Crippen LogP contribution in [0.1, 0.15) is 27.7 Å². The molecule has 1 saturated heterocycles. The smallest absolute Gasteiger partial charge is 0.399 e. The van der Waals surface area contributed by atoms with Crippen LogP contribution in [-0.4, -0.2) is 28.1 Å². The van der Waals surface area contributed by atoms with Gasteiger partial charge in [0.25, 0.3) is 0 Å². The number of benzene rings is 1. The predicted octanol–water partition coefficient (Wildman–Crippen LogP) is 3.04. The molecule has 4 nitrogen and oxygen atoms in total. The maximum atomic E-state index is 6.15. The van der Waals surface area contributed by atoms with Gasteiger partial charge < -0.3 is 9.31 Å². The number of rotatable bonds is 2. The molecule has 1 aromatic heterocycles. The quantitative estimate of drug-likeness (QED) is 0.799. The van der Waals surface area contributed by atoms with Crippen LogP contribution in [0.5, 0.6) is 0 Å². The maximum Gasteiger partial charge on any atom is 0.498 e. The molecule has 3 rings (SSSR count). The van der Waals surface area contributed by atoms with Gasteiger partial charge in [-0.15, -0.1) is 0 Å². The van der Waals surface area contributed by atoms with E-state index in [0.29, 0.717) is 5.02 Å². The SMILES string of the molecule is Cn1cc(B2OC(C)(C)C(C)(C)O2)c(-c2ccc(Cl)cc2)n1. The van der Waals surface area contributed by atoms with E-state index < -0.39 is 7.12 Å². The highest BCUT2D eigenvalue weighted by atomic mass is 35.5. The standard InChI is InChI=1S/C16H20BClN2O2/c1-15(2)16(3,4)22-17(21-15)13-10-20(5)19-14(13)11-6-8-12(18)9-7-11/h6-10H,1-5H3. The van der Waals surface area contributed by atoms with Gasteiger partial charge in [0.05, 0.1) is 16.9 Å². The molecule has 1 aromatic carbocycles. The predicted molar refractivity (Wildman–Crippen MR) is 89.4 cm³/mol. The van der Waals surface area contributed by atoms with Gasteiger partial charge in [-0.2, -0.15) is 5.10 Å². The number of aryl methyl sites for hydroxylation is 1. The van der Waals surface area contributed by atoms with E-state index in [1.807, 2.05) is 65.2 Å². The Morgan fingerprint density at radius 2 is 1.59 bits per heavy atom. The first-order valence-electron chi connectivity index (χ1n) is 7.35. The number of hydrogen-bond donors (Lipinski definition) is 0. The lowest BCUT2D eigenvalue weighted by molar-refractivity contribution is 0.00578. The average molecular weight is 319 g/mol. The van der Waals surface area contributed by atoms with Crippen LogP contribution in [0.15, 0.2) is 30.5 Å². The summed E-state index contributed by atoms with van der Waals surface area (Å²) in [6, 6.07) is 7.64. The zero-order valence-electron chi connectivity index (χ0n) is 13.6. The van der Waals surface area contributed by atoms with E-state index in [0.717, 1.165) is 16.7 Å². The zero-order chi connectivity index (χ0) is 16.1. The van der Waals surface area contributed by atoms with Gasteiger partial charge in [0.2, 0.25) is 0 Å². The molecule has 2 heterocycles. The topological polar surface area (TPSA) is 36.3 Å². The number of nitrogens with zero attached hydrogens (tertiary/aromatic N) is 2. The summed E-state index contributed by atoms with van der Waals surface area (Å²) in [5.41, 5.74) is 2.05. The monoisotopic (exact) mass is 318 g/mol. The van der Waals surface area contributed by atoms with Crippen molar-refractivity contribution in [2.24, 2.45) is 7.05 Å². The molecule has 1 aliphatic rings. The lowest BCUT2D eigenvalue weighted by atomic mass is 9.78. The summed E-state index contributed by atoms with van der Waals surface area (Å²) in [4.78, 5) is 0. The van der Waals surface area contributed by atoms with Gasteiger partial charge >= 0.3 is 7.12 Å². The lowest BCUT2D eigenvalue weighted by Gasteiger charge is -2.32. The summed E-state index contributed by atoms with van der Waals surface area (Å²) in [6.07, 6.45) is 1.95. The summed E-state index contributed by atoms with van der Waals surface area (Å²) in [5.74, 6) is 0. The van der Waals surface area contributed by atoms with E-state index in [9.17, 15) is 0 Å². The summed E-state index contributed by atoms with van der Waals surface area (Å²) in [5, 5.41) is 5.27. The van der Waals surface area contributed by atoms with Gasteiger partial charge in [-0.1, -0.05) is 23.7 Å². The van der Waals surface area contributed by atoms with Gasteiger partial charge in [0, 0.05) is 29.3 Å². The van der Waals surface area contributed by atoms with E-state index in [1.54, 1.807) is 4.68 Å². The Kier molecular flexibility index (Phi) is 3.63.